The molecule has 1 aliphatic rings. The van der Waals surface area contributed by atoms with Crippen LogP contribution in [0.5, 0.6) is 0 Å². The molecule has 1 aliphatic heterocycles. The number of hydrogen-bond donors (Lipinski definition) is 2. The molecule has 1 unspecified atom stereocenters. The average Bonchev–Trinajstić information content (AvgIpc) is 2.75. The number of aromatic nitrogens is 2. The monoisotopic (exact) mass is 350 g/mol. The topological polar surface area (TPSA) is 66.9 Å². The van der Waals surface area contributed by atoms with Crippen molar-refractivity contribution in [1.29, 1.82) is 0 Å². The van der Waals surface area contributed by atoms with E-state index in [-0.39, 0.29) is 11.9 Å². The molecule has 0 bridgehead atoms. The second kappa shape index (κ2) is 5.51. The third-order valence-electron chi connectivity index (χ3n) is 2.98. The van der Waals surface area contributed by atoms with E-state index < -0.39 is 0 Å². The van der Waals surface area contributed by atoms with E-state index in [0.717, 1.165) is 25.6 Å². The molecule has 0 saturated heterocycles. The van der Waals surface area contributed by atoms with Gasteiger partial charge in [0.15, 0.2) is 0 Å². The van der Waals surface area contributed by atoms with Crippen molar-refractivity contribution in [1.82, 2.24) is 15.3 Å². The van der Waals surface area contributed by atoms with Crippen LogP contribution in [0.15, 0.2) is 45.1 Å². The van der Waals surface area contributed by atoms with Crippen molar-refractivity contribution in [3.63, 3.8) is 0 Å². The van der Waals surface area contributed by atoms with Crippen molar-refractivity contribution in [3.8, 4) is 0 Å². The van der Waals surface area contributed by atoms with E-state index in [2.05, 4.69) is 36.5 Å². The maximum Gasteiger partial charge on any atom is 0.246 e. The number of hydrogen-bond acceptors (Lipinski definition) is 5. The second-order valence-corrected chi connectivity index (χ2v) is 6.14. The highest BCUT2D eigenvalue weighted by Crippen LogP contribution is 2.40. The van der Waals surface area contributed by atoms with Crippen LogP contribution >= 0.6 is 27.7 Å². The predicted octanol–water partition coefficient (Wildman–Crippen LogP) is 2.60. The van der Waals surface area contributed by atoms with Crippen LogP contribution in [0.2, 0.25) is 0 Å². The van der Waals surface area contributed by atoms with Crippen molar-refractivity contribution in [3.05, 3.63) is 40.8 Å². The maximum atomic E-state index is 11.8. The van der Waals surface area contributed by atoms with Crippen LogP contribution in [0, 0.1) is 0 Å². The van der Waals surface area contributed by atoms with E-state index >= 15 is 0 Å². The quantitative estimate of drug-likeness (QED) is 0.890. The Kier molecular flexibility index (Phi) is 3.73. The minimum atomic E-state index is -0.295. The molecular formula is C13H11BrN4OS. The zero-order valence-corrected chi connectivity index (χ0v) is 13.0. The van der Waals surface area contributed by atoms with Gasteiger partial charge >= 0.3 is 0 Å². The van der Waals surface area contributed by atoms with Gasteiger partial charge in [-0.15, -0.1) is 0 Å². The number of fused-ring (bicyclic) bond motifs is 1. The van der Waals surface area contributed by atoms with Crippen LogP contribution in [0.4, 0.5) is 5.69 Å². The van der Waals surface area contributed by atoms with Crippen LogP contribution in [-0.2, 0) is 4.79 Å². The van der Waals surface area contributed by atoms with Gasteiger partial charge in [-0.1, -0.05) is 11.8 Å². The first-order valence-corrected chi connectivity index (χ1v) is 7.55. The van der Waals surface area contributed by atoms with Gasteiger partial charge < -0.3 is 10.6 Å². The number of carbonyl (C=O) groups excluding carboxylic acids is 1. The number of nitrogens with one attached hydrogen (secondary N) is 2. The molecule has 102 valence electrons. The molecule has 20 heavy (non-hydrogen) atoms. The SMILES string of the molecule is CNC1C(=O)Nc2cc(Sc3cnccn3)c(Br)cc21. The van der Waals surface area contributed by atoms with Crippen molar-refractivity contribution in [2.45, 2.75) is 16.0 Å². The molecule has 2 heterocycles. The van der Waals surface area contributed by atoms with E-state index in [1.165, 1.54) is 11.8 Å². The molecule has 7 heteroatoms. The lowest BCUT2D eigenvalue weighted by Crippen LogP contribution is -2.23. The number of likely N-dealkylation sites (N-methyl/N-ethyl adjacent to an activating group) is 1. The first-order chi connectivity index (χ1) is 9.69. The van der Waals surface area contributed by atoms with Crippen molar-refractivity contribution >= 4 is 39.3 Å². The molecule has 0 spiro atoms. The Balaban J connectivity index is 1.96. The van der Waals surface area contributed by atoms with Crippen LogP contribution < -0.4 is 10.6 Å². The molecule has 2 N–H and O–H groups in total. The summed E-state index contributed by atoms with van der Waals surface area (Å²) < 4.78 is 0.934. The third-order valence-corrected chi connectivity index (χ3v) is 4.87. The fourth-order valence-electron chi connectivity index (χ4n) is 2.08. The molecule has 2 aromatic rings. The standard InChI is InChI=1S/C13H11BrN4OS/c1-15-12-7-4-8(14)10(5-9(7)18-13(12)19)20-11-6-16-2-3-17-11/h2-6,12,15H,1H3,(H,18,19). The van der Waals surface area contributed by atoms with Crippen LogP contribution in [0.3, 0.4) is 0 Å². The highest BCUT2D eigenvalue weighted by atomic mass is 79.9. The molecule has 1 amide bonds. The van der Waals surface area contributed by atoms with Gasteiger partial charge in [-0.25, -0.2) is 4.98 Å². The van der Waals surface area contributed by atoms with E-state index in [0.29, 0.717) is 0 Å². The summed E-state index contributed by atoms with van der Waals surface area (Å²) in [4.78, 5) is 21.1. The summed E-state index contributed by atoms with van der Waals surface area (Å²) in [7, 11) is 1.77. The molecule has 0 fully saturated rings. The first kappa shape index (κ1) is 13.5. The summed E-state index contributed by atoms with van der Waals surface area (Å²) >= 11 is 5.05. The number of rotatable bonds is 3. The second-order valence-electron chi connectivity index (χ2n) is 4.23. The Hall–Kier alpha value is -1.44. The lowest BCUT2D eigenvalue weighted by atomic mass is 10.1. The van der Waals surface area contributed by atoms with E-state index in [1.54, 1.807) is 25.6 Å². The molecule has 0 aliphatic carbocycles. The number of halogens is 1. The highest BCUT2D eigenvalue weighted by Gasteiger charge is 2.30. The van der Waals surface area contributed by atoms with E-state index in [9.17, 15) is 4.79 Å². The molecule has 1 atom stereocenters. The van der Waals surface area contributed by atoms with Crippen molar-refractivity contribution in [2.75, 3.05) is 12.4 Å². The highest BCUT2D eigenvalue weighted by molar-refractivity contribution is 9.10. The Morgan fingerprint density at radius 2 is 2.25 bits per heavy atom. The summed E-state index contributed by atoms with van der Waals surface area (Å²) in [6.45, 7) is 0. The van der Waals surface area contributed by atoms with Gasteiger partial charge in [0.25, 0.3) is 0 Å². The Bertz CT molecular complexity index is 665. The normalized spacial score (nSPS) is 16.9. The largest absolute Gasteiger partial charge is 0.324 e. The minimum Gasteiger partial charge on any atom is -0.324 e. The van der Waals surface area contributed by atoms with Crippen molar-refractivity contribution in [2.24, 2.45) is 0 Å². The van der Waals surface area contributed by atoms with Gasteiger partial charge in [-0.2, -0.15) is 0 Å². The smallest absolute Gasteiger partial charge is 0.246 e. The van der Waals surface area contributed by atoms with Gasteiger partial charge in [-0.05, 0) is 35.1 Å². The molecule has 0 saturated carbocycles. The fourth-order valence-corrected chi connectivity index (χ4v) is 3.47. The molecule has 1 aromatic carbocycles. The Morgan fingerprint density at radius 3 is 2.95 bits per heavy atom. The zero-order chi connectivity index (χ0) is 14.1. The van der Waals surface area contributed by atoms with Crippen LogP contribution in [-0.4, -0.2) is 22.9 Å². The summed E-state index contributed by atoms with van der Waals surface area (Å²) in [6.07, 6.45) is 5.00. The summed E-state index contributed by atoms with van der Waals surface area (Å²) in [5.74, 6) is -0.0314. The Labute approximate surface area is 128 Å². The summed E-state index contributed by atoms with van der Waals surface area (Å²) in [5.41, 5.74) is 1.79. The number of amides is 1. The van der Waals surface area contributed by atoms with Gasteiger partial charge in [0.2, 0.25) is 5.91 Å². The maximum absolute atomic E-state index is 11.8. The summed E-state index contributed by atoms with van der Waals surface area (Å²) in [6, 6.07) is 3.62. The minimum absolute atomic E-state index is 0.0314. The molecule has 0 radical (unpaired) electrons. The lowest BCUT2D eigenvalue weighted by molar-refractivity contribution is -0.117. The van der Waals surface area contributed by atoms with Crippen LogP contribution in [0.1, 0.15) is 11.6 Å². The predicted molar refractivity (Wildman–Crippen MR) is 80.7 cm³/mol. The number of carbonyl (C=O) groups is 1. The molecule has 5 nitrogen and oxygen atoms in total. The number of nitrogens with zero attached hydrogens (tertiary/aromatic N) is 2. The number of anilines is 1. The van der Waals surface area contributed by atoms with E-state index in [4.69, 9.17) is 0 Å². The zero-order valence-electron chi connectivity index (χ0n) is 10.6. The van der Waals surface area contributed by atoms with E-state index in [1.807, 2.05) is 12.1 Å². The van der Waals surface area contributed by atoms with Gasteiger partial charge in [-0.3, -0.25) is 9.78 Å². The molecule has 1 aromatic heterocycles. The molecule has 3 rings (SSSR count). The Morgan fingerprint density at radius 1 is 1.40 bits per heavy atom. The van der Waals surface area contributed by atoms with Gasteiger partial charge in [0.1, 0.15) is 11.1 Å². The lowest BCUT2D eigenvalue weighted by Gasteiger charge is -2.09. The molecular weight excluding hydrogens is 340 g/mol. The first-order valence-electron chi connectivity index (χ1n) is 5.94. The van der Waals surface area contributed by atoms with Crippen molar-refractivity contribution < 1.29 is 4.79 Å². The average molecular weight is 351 g/mol. The van der Waals surface area contributed by atoms with Gasteiger partial charge in [0, 0.05) is 33.0 Å². The fraction of sp³-hybridized carbons (Fsp3) is 0.154. The number of benzene rings is 1. The summed E-state index contributed by atoms with van der Waals surface area (Å²) in [5, 5.41) is 6.69. The van der Waals surface area contributed by atoms with Crippen LogP contribution in [0.25, 0.3) is 0 Å². The third kappa shape index (κ3) is 2.44. The van der Waals surface area contributed by atoms with Gasteiger partial charge in [0.05, 0.1) is 6.20 Å².